The summed E-state index contributed by atoms with van der Waals surface area (Å²) in [6.45, 7) is 5.98. The van der Waals surface area contributed by atoms with E-state index in [2.05, 4.69) is 30.6 Å². The average Bonchev–Trinajstić information content (AvgIpc) is 2.77. The molecule has 0 aliphatic heterocycles. The number of rotatable bonds is 8. The van der Waals surface area contributed by atoms with Crippen molar-refractivity contribution in [3.05, 3.63) is 11.6 Å². The maximum Gasteiger partial charge on any atom is 0.220 e. The van der Waals surface area contributed by atoms with Gasteiger partial charge in [-0.05, 0) is 38.6 Å². The van der Waals surface area contributed by atoms with Gasteiger partial charge >= 0.3 is 0 Å². The van der Waals surface area contributed by atoms with Gasteiger partial charge in [0, 0.05) is 19.0 Å². The molecule has 17 heavy (non-hydrogen) atoms. The second-order valence-electron chi connectivity index (χ2n) is 5.07. The van der Waals surface area contributed by atoms with Gasteiger partial charge in [-0.1, -0.05) is 25.5 Å². The Morgan fingerprint density at radius 2 is 2.24 bits per heavy atom. The molecule has 0 aromatic carbocycles. The number of hydrogen-bond acceptors (Lipinski definition) is 2. The molecule has 0 aromatic rings. The van der Waals surface area contributed by atoms with Crippen LogP contribution in [0.3, 0.4) is 0 Å². The highest BCUT2D eigenvalue weighted by Gasteiger charge is 2.05. The van der Waals surface area contributed by atoms with Crippen LogP contribution in [0, 0.1) is 0 Å². The van der Waals surface area contributed by atoms with Crippen LogP contribution in [0.25, 0.3) is 0 Å². The van der Waals surface area contributed by atoms with Crippen molar-refractivity contribution in [2.24, 2.45) is 0 Å². The number of hydrogen-bond donors (Lipinski definition) is 2. The van der Waals surface area contributed by atoms with E-state index in [-0.39, 0.29) is 5.91 Å². The Morgan fingerprint density at radius 3 is 2.88 bits per heavy atom. The lowest BCUT2D eigenvalue weighted by Gasteiger charge is -2.08. The zero-order valence-electron chi connectivity index (χ0n) is 11.2. The van der Waals surface area contributed by atoms with Crippen LogP contribution < -0.4 is 10.6 Å². The lowest BCUT2D eigenvalue weighted by atomic mass is 10.1. The van der Waals surface area contributed by atoms with E-state index in [1.54, 1.807) is 0 Å². The van der Waals surface area contributed by atoms with Crippen molar-refractivity contribution in [2.75, 3.05) is 13.1 Å². The molecule has 0 aromatic heterocycles. The van der Waals surface area contributed by atoms with Crippen molar-refractivity contribution in [1.82, 2.24) is 10.6 Å². The third-order valence-electron chi connectivity index (χ3n) is 3.04. The minimum Gasteiger partial charge on any atom is -0.356 e. The van der Waals surface area contributed by atoms with Gasteiger partial charge in [-0.15, -0.1) is 0 Å². The number of allylic oxidation sites excluding steroid dienone is 1. The Kier molecular flexibility index (Phi) is 6.94. The lowest BCUT2D eigenvalue weighted by molar-refractivity contribution is -0.121. The van der Waals surface area contributed by atoms with Crippen molar-refractivity contribution in [1.29, 1.82) is 0 Å². The second-order valence-corrected chi connectivity index (χ2v) is 5.07. The molecule has 0 saturated carbocycles. The second kappa shape index (κ2) is 8.29. The fourth-order valence-corrected chi connectivity index (χ4v) is 2.05. The summed E-state index contributed by atoms with van der Waals surface area (Å²) >= 11 is 0. The van der Waals surface area contributed by atoms with Gasteiger partial charge in [0.1, 0.15) is 0 Å². The normalized spacial score (nSPS) is 15.1. The Bertz CT molecular complexity index is 259. The molecule has 98 valence electrons. The highest BCUT2D eigenvalue weighted by atomic mass is 16.1. The topological polar surface area (TPSA) is 41.1 Å². The summed E-state index contributed by atoms with van der Waals surface area (Å²) in [6, 6.07) is 0.507. The molecule has 0 atom stereocenters. The Hall–Kier alpha value is -0.830. The third kappa shape index (κ3) is 7.16. The Labute approximate surface area is 105 Å². The van der Waals surface area contributed by atoms with Crippen LogP contribution in [-0.4, -0.2) is 25.0 Å². The summed E-state index contributed by atoms with van der Waals surface area (Å²) in [7, 11) is 0. The molecule has 0 saturated heterocycles. The van der Waals surface area contributed by atoms with E-state index in [0.717, 1.165) is 25.9 Å². The summed E-state index contributed by atoms with van der Waals surface area (Å²) in [5.41, 5.74) is 1.52. The molecule has 0 spiro atoms. The first-order valence-electron chi connectivity index (χ1n) is 6.86. The van der Waals surface area contributed by atoms with Gasteiger partial charge in [0.2, 0.25) is 5.91 Å². The van der Waals surface area contributed by atoms with Crippen molar-refractivity contribution >= 4 is 5.91 Å². The number of nitrogens with one attached hydrogen (secondary N) is 2. The predicted molar refractivity (Wildman–Crippen MR) is 71.9 cm³/mol. The quantitative estimate of drug-likeness (QED) is 0.503. The monoisotopic (exact) mass is 238 g/mol. The first-order valence-corrected chi connectivity index (χ1v) is 6.86. The summed E-state index contributed by atoms with van der Waals surface area (Å²) in [6.07, 6.45) is 8.67. The highest BCUT2D eigenvalue weighted by Crippen LogP contribution is 2.19. The molecule has 0 heterocycles. The minimum atomic E-state index is 0.189. The van der Waals surface area contributed by atoms with Gasteiger partial charge in [-0.25, -0.2) is 0 Å². The zero-order valence-corrected chi connectivity index (χ0v) is 11.2. The molecule has 1 rings (SSSR count). The van der Waals surface area contributed by atoms with Gasteiger partial charge in [-0.2, -0.15) is 0 Å². The van der Waals surface area contributed by atoms with Gasteiger partial charge in [-0.3, -0.25) is 4.79 Å². The SMILES string of the molecule is CC(C)NCCCC(=O)NCCC1=CCCC1. The molecule has 2 N–H and O–H groups in total. The van der Waals surface area contributed by atoms with Crippen LogP contribution >= 0.6 is 0 Å². The standard InChI is InChI=1S/C14H26N2O/c1-12(2)15-10-5-8-14(17)16-11-9-13-6-3-4-7-13/h6,12,15H,3-5,7-11H2,1-2H3,(H,16,17). The first kappa shape index (κ1) is 14.2. The van der Waals surface area contributed by atoms with E-state index in [1.165, 1.54) is 24.8 Å². The first-order chi connectivity index (χ1) is 8.18. The van der Waals surface area contributed by atoms with Crippen LogP contribution in [0.15, 0.2) is 11.6 Å². The molecular weight excluding hydrogens is 212 g/mol. The molecule has 3 heteroatoms. The zero-order chi connectivity index (χ0) is 12.5. The molecule has 0 unspecified atom stereocenters. The molecule has 1 aliphatic rings. The Morgan fingerprint density at radius 1 is 1.41 bits per heavy atom. The summed E-state index contributed by atoms with van der Waals surface area (Å²) in [4.78, 5) is 11.5. The van der Waals surface area contributed by atoms with Crippen LogP contribution in [0.1, 0.15) is 52.4 Å². The van der Waals surface area contributed by atoms with Gasteiger partial charge < -0.3 is 10.6 Å². The van der Waals surface area contributed by atoms with E-state index < -0.39 is 0 Å². The Balaban J connectivity index is 1.94. The minimum absolute atomic E-state index is 0.189. The summed E-state index contributed by atoms with van der Waals surface area (Å²) in [5.74, 6) is 0.189. The molecule has 0 radical (unpaired) electrons. The van der Waals surface area contributed by atoms with Crippen LogP contribution in [0.2, 0.25) is 0 Å². The van der Waals surface area contributed by atoms with Crippen molar-refractivity contribution in [3.8, 4) is 0 Å². The number of carbonyl (C=O) groups is 1. The third-order valence-corrected chi connectivity index (χ3v) is 3.04. The molecule has 3 nitrogen and oxygen atoms in total. The fraction of sp³-hybridized carbons (Fsp3) is 0.786. The maximum absolute atomic E-state index is 11.5. The van der Waals surface area contributed by atoms with Crippen LogP contribution in [0.4, 0.5) is 0 Å². The lowest BCUT2D eigenvalue weighted by Crippen LogP contribution is -2.27. The smallest absolute Gasteiger partial charge is 0.220 e. The summed E-state index contributed by atoms with van der Waals surface area (Å²) in [5, 5.41) is 6.30. The number of amides is 1. The molecule has 1 aliphatic carbocycles. The van der Waals surface area contributed by atoms with E-state index in [9.17, 15) is 4.79 Å². The van der Waals surface area contributed by atoms with Crippen LogP contribution in [-0.2, 0) is 4.79 Å². The van der Waals surface area contributed by atoms with Crippen molar-refractivity contribution < 1.29 is 4.79 Å². The van der Waals surface area contributed by atoms with Gasteiger partial charge in [0.05, 0.1) is 0 Å². The molecular formula is C14H26N2O. The van der Waals surface area contributed by atoms with Gasteiger partial charge in [0.15, 0.2) is 0 Å². The van der Waals surface area contributed by atoms with E-state index >= 15 is 0 Å². The molecule has 0 bridgehead atoms. The van der Waals surface area contributed by atoms with E-state index in [1.807, 2.05) is 0 Å². The van der Waals surface area contributed by atoms with Crippen LogP contribution in [0.5, 0.6) is 0 Å². The number of carbonyl (C=O) groups excluding carboxylic acids is 1. The fourth-order valence-electron chi connectivity index (χ4n) is 2.05. The van der Waals surface area contributed by atoms with Crippen molar-refractivity contribution in [2.45, 2.75) is 58.4 Å². The van der Waals surface area contributed by atoms with Crippen molar-refractivity contribution in [3.63, 3.8) is 0 Å². The average molecular weight is 238 g/mol. The highest BCUT2D eigenvalue weighted by molar-refractivity contribution is 5.75. The molecule has 1 amide bonds. The largest absolute Gasteiger partial charge is 0.356 e. The predicted octanol–water partition coefficient (Wildman–Crippen LogP) is 2.38. The summed E-state index contributed by atoms with van der Waals surface area (Å²) < 4.78 is 0. The maximum atomic E-state index is 11.5. The van der Waals surface area contributed by atoms with E-state index in [4.69, 9.17) is 0 Å². The molecule has 0 fully saturated rings. The van der Waals surface area contributed by atoms with Gasteiger partial charge in [0.25, 0.3) is 0 Å². The van der Waals surface area contributed by atoms with E-state index in [0.29, 0.717) is 12.5 Å².